The van der Waals surface area contributed by atoms with Crippen LogP contribution in [0.1, 0.15) is 28.9 Å². The fraction of sp³-hybridized carbons (Fsp3) is 0.263. The largest absolute Gasteiger partial charge is 0.486 e. The summed E-state index contributed by atoms with van der Waals surface area (Å²) in [6, 6.07) is 10.9. The van der Waals surface area contributed by atoms with Crippen LogP contribution in [0.25, 0.3) is 0 Å². The number of halogens is 1. The van der Waals surface area contributed by atoms with Crippen LogP contribution in [0.5, 0.6) is 5.75 Å². The molecule has 0 aliphatic rings. The lowest BCUT2D eigenvalue weighted by Crippen LogP contribution is -2.27. The van der Waals surface area contributed by atoms with E-state index in [0.717, 1.165) is 12.2 Å². The zero-order valence-electron chi connectivity index (χ0n) is 14.7. The minimum Gasteiger partial charge on any atom is -0.486 e. The van der Waals surface area contributed by atoms with Crippen molar-refractivity contribution in [3.63, 3.8) is 0 Å². The summed E-state index contributed by atoms with van der Waals surface area (Å²) in [5.74, 6) is 0.746. The Hall–Kier alpha value is -3.09. The maximum atomic E-state index is 12.9. The van der Waals surface area contributed by atoms with E-state index in [2.05, 4.69) is 5.10 Å². The molecule has 0 aliphatic carbocycles. The molecule has 3 aromatic rings. The Balaban J connectivity index is 1.59. The third kappa shape index (κ3) is 4.11. The molecule has 0 N–H and O–H groups in total. The van der Waals surface area contributed by atoms with E-state index in [1.165, 1.54) is 24.3 Å². The smallest absolute Gasteiger partial charge is 0.289 e. The Morgan fingerprint density at radius 3 is 2.73 bits per heavy atom. The van der Waals surface area contributed by atoms with E-state index in [4.69, 9.17) is 9.15 Å². The van der Waals surface area contributed by atoms with Crippen molar-refractivity contribution in [2.24, 2.45) is 0 Å². The molecular weight excluding hydrogens is 337 g/mol. The molecule has 26 heavy (non-hydrogen) atoms. The molecular formula is C19H20FN3O3. The highest BCUT2D eigenvalue weighted by Crippen LogP contribution is 2.16. The van der Waals surface area contributed by atoms with Gasteiger partial charge in [0.1, 0.15) is 23.9 Å². The molecule has 0 fully saturated rings. The van der Waals surface area contributed by atoms with Crippen molar-refractivity contribution in [1.29, 1.82) is 0 Å². The van der Waals surface area contributed by atoms with Gasteiger partial charge in [0.15, 0.2) is 5.76 Å². The first-order chi connectivity index (χ1) is 12.6. The van der Waals surface area contributed by atoms with E-state index in [0.29, 0.717) is 18.1 Å². The summed E-state index contributed by atoms with van der Waals surface area (Å²) in [4.78, 5) is 14.1. The predicted octanol–water partition coefficient (Wildman–Crippen LogP) is 3.49. The molecule has 1 amide bonds. The molecule has 0 radical (unpaired) electrons. The normalized spacial score (nSPS) is 10.7. The first-order valence-corrected chi connectivity index (χ1v) is 8.30. The van der Waals surface area contributed by atoms with E-state index < -0.39 is 0 Å². The van der Waals surface area contributed by atoms with E-state index in [1.54, 1.807) is 30.3 Å². The molecule has 0 spiro atoms. The maximum Gasteiger partial charge on any atom is 0.289 e. The Morgan fingerprint density at radius 1 is 1.23 bits per heavy atom. The van der Waals surface area contributed by atoms with E-state index >= 15 is 0 Å². The summed E-state index contributed by atoms with van der Waals surface area (Å²) in [6.45, 7) is 3.34. The number of carbonyl (C=O) groups is 1. The lowest BCUT2D eigenvalue weighted by atomic mass is 10.3. The van der Waals surface area contributed by atoms with Crippen LogP contribution in [0, 0.1) is 5.82 Å². The zero-order valence-corrected chi connectivity index (χ0v) is 14.7. The number of rotatable bonds is 7. The summed E-state index contributed by atoms with van der Waals surface area (Å²) >= 11 is 0. The van der Waals surface area contributed by atoms with Crippen molar-refractivity contribution < 1.29 is 18.3 Å². The number of aromatic nitrogens is 2. The highest BCUT2D eigenvalue weighted by Gasteiger charge is 2.17. The average molecular weight is 357 g/mol. The molecule has 0 saturated carbocycles. The third-order valence-corrected chi connectivity index (χ3v) is 3.92. The highest BCUT2D eigenvalue weighted by atomic mass is 19.1. The van der Waals surface area contributed by atoms with Gasteiger partial charge in [0, 0.05) is 19.8 Å². The molecule has 0 aliphatic heterocycles. The van der Waals surface area contributed by atoms with Gasteiger partial charge in [0.05, 0.1) is 12.2 Å². The fourth-order valence-corrected chi connectivity index (χ4v) is 2.54. The quantitative estimate of drug-likeness (QED) is 0.649. The van der Waals surface area contributed by atoms with Gasteiger partial charge in [-0.1, -0.05) is 0 Å². The van der Waals surface area contributed by atoms with E-state index in [-0.39, 0.29) is 24.1 Å². The van der Waals surface area contributed by atoms with Crippen LogP contribution >= 0.6 is 0 Å². The number of aryl methyl sites for hydroxylation is 1. The highest BCUT2D eigenvalue weighted by molar-refractivity contribution is 5.91. The zero-order chi connectivity index (χ0) is 18.5. The summed E-state index contributed by atoms with van der Waals surface area (Å²) < 4.78 is 25.8. The number of furan rings is 1. The van der Waals surface area contributed by atoms with Gasteiger partial charge in [0.25, 0.3) is 5.91 Å². The molecule has 0 bridgehead atoms. The standard InChI is InChI=1S/C19H20FN3O3/c1-3-23-15(10-11-21-23)12-22(2)19(24)18-9-8-17(26-18)13-25-16-6-4-14(20)5-7-16/h4-11H,3,12-13H2,1-2H3. The van der Waals surface area contributed by atoms with Gasteiger partial charge < -0.3 is 14.1 Å². The number of hydrogen-bond acceptors (Lipinski definition) is 4. The third-order valence-electron chi connectivity index (χ3n) is 3.92. The minimum atomic E-state index is -0.323. The van der Waals surface area contributed by atoms with Crippen molar-refractivity contribution in [2.75, 3.05) is 7.05 Å². The Morgan fingerprint density at radius 2 is 2.00 bits per heavy atom. The summed E-state index contributed by atoms with van der Waals surface area (Å²) in [5.41, 5.74) is 0.953. The van der Waals surface area contributed by atoms with Crippen LogP contribution in [0.2, 0.25) is 0 Å². The lowest BCUT2D eigenvalue weighted by Gasteiger charge is -2.16. The first kappa shape index (κ1) is 17.7. The topological polar surface area (TPSA) is 60.5 Å². The van der Waals surface area contributed by atoms with Gasteiger partial charge in [-0.15, -0.1) is 0 Å². The molecule has 2 heterocycles. The van der Waals surface area contributed by atoms with Gasteiger partial charge >= 0.3 is 0 Å². The van der Waals surface area contributed by atoms with Gasteiger partial charge in [-0.25, -0.2) is 4.39 Å². The van der Waals surface area contributed by atoms with Crippen LogP contribution in [-0.2, 0) is 19.7 Å². The molecule has 3 rings (SSSR count). The summed E-state index contributed by atoms with van der Waals surface area (Å²) in [5, 5.41) is 4.20. The van der Waals surface area contributed by atoms with Crippen LogP contribution in [0.4, 0.5) is 4.39 Å². The second kappa shape index (κ2) is 7.86. The average Bonchev–Trinajstić information content (AvgIpc) is 3.29. The molecule has 7 heteroatoms. The van der Waals surface area contributed by atoms with Crippen molar-refractivity contribution in [1.82, 2.24) is 14.7 Å². The monoisotopic (exact) mass is 357 g/mol. The Labute approximate surface area is 150 Å². The molecule has 0 unspecified atom stereocenters. The van der Waals surface area contributed by atoms with Crippen LogP contribution < -0.4 is 4.74 Å². The number of ether oxygens (including phenoxy) is 1. The number of carbonyl (C=O) groups excluding carboxylic acids is 1. The van der Waals surface area contributed by atoms with Crippen molar-refractivity contribution in [2.45, 2.75) is 26.6 Å². The van der Waals surface area contributed by atoms with Crippen LogP contribution in [0.3, 0.4) is 0 Å². The fourth-order valence-electron chi connectivity index (χ4n) is 2.54. The number of benzene rings is 1. The summed E-state index contributed by atoms with van der Waals surface area (Å²) in [6.07, 6.45) is 1.72. The van der Waals surface area contributed by atoms with Gasteiger partial charge in [-0.2, -0.15) is 5.10 Å². The van der Waals surface area contributed by atoms with Gasteiger partial charge in [0.2, 0.25) is 0 Å². The minimum absolute atomic E-state index is 0.158. The van der Waals surface area contributed by atoms with Crippen molar-refractivity contribution >= 4 is 5.91 Å². The molecule has 2 aromatic heterocycles. The number of hydrogen-bond donors (Lipinski definition) is 0. The summed E-state index contributed by atoms with van der Waals surface area (Å²) in [7, 11) is 1.71. The Bertz CT molecular complexity index is 870. The molecule has 1 aromatic carbocycles. The van der Waals surface area contributed by atoms with Crippen LogP contribution in [-0.4, -0.2) is 27.6 Å². The molecule has 0 saturated heterocycles. The second-order valence-corrected chi connectivity index (χ2v) is 5.81. The van der Waals surface area contributed by atoms with Gasteiger partial charge in [-0.05, 0) is 49.4 Å². The predicted molar refractivity (Wildman–Crippen MR) is 93.1 cm³/mol. The second-order valence-electron chi connectivity index (χ2n) is 5.81. The first-order valence-electron chi connectivity index (χ1n) is 8.30. The van der Waals surface area contributed by atoms with E-state index in [9.17, 15) is 9.18 Å². The van der Waals surface area contributed by atoms with Gasteiger partial charge in [-0.3, -0.25) is 9.48 Å². The number of nitrogens with zero attached hydrogens (tertiary/aromatic N) is 3. The molecule has 6 nitrogen and oxygen atoms in total. The molecule has 136 valence electrons. The lowest BCUT2D eigenvalue weighted by molar-refractivity contribution is 0.0745. The van der Waals surface area contributed by atoms with Crippen molar-refractivity contribution in [3.8, 4) is 5.75 Å². The van der Waals surface area contributed by atoms with Crippen LogP contribution in [0.15, 0.2) is 53.1 Å². The van der Waals surface area contributed by atoms with Crippen molar-refractivity contribution in [3.05, 3.63) is 71.7 Å². The number of amides is 1. The molecule has 0 atom stereocenters. The van der Waals surface area contributed by atoms with E-state index in [1.807, 2.05) is 17.7 Å². The SMILES string of the molecule is CCn1nccc1CN(C)C(=O)c1ccc(COc2ccc(F)cc2)o1. The Kier molecular flexibility index (Phi) is 5.36. The maximum absolute atomic E-state index is 12.9.